The normalized spacial score (nSPS) is 12.9. The van der Waals surface area contributed by atoms with Crippen LogP contribution in [-0.2, 0) is 0 Å². The van der Waals surface area contributed by atoms with Crippen LogP contribution in [0.15, 0.2) is 18.5 Å². The fraction of sp³-hybridized carbons (Fsp3) is 0.500. The molecule has 1 atom stereocenters. The van der Waals surface area contributed by atoms with Gasteiger partial charge in [0.05, 0.1) is 6.04 Å². The molecule has 0 spiro atoms. The molecule has 0 amide bonds. The van der Waals surface area contributed by atoms with Crippen LogP contribution in [-0.4, -0.2) is 16.5 Å². The van der Waals surface area contributed by atoms with Crippen molar-refractivity contribution in [2.24, 2.45) is 0 Å². The van der Waals surface area contributed by atoms with Crippen LogP contribution in [0.5, 0.6) is 0 Å². The topological polar surface area (TPSA) is 37.8 Å². The molecule has 0 bridgehead atoms. The fourth-order valence-electron chi connectivity index (χ4n) is 0.932. The van der Waals surface area contributed by atoms with Crippen LogP contribution >= 0.6 is 0 Å². The highest BCUT2D eigenvalue weighted by molar-refractivity contribution is 4.93. The quantitative estimate of drug-likeness (QED) is 0.704. The van der Waals surface area contributed by atoms with Gasteiger partial charge in [-0.3, -0.25) is 0 Å². The SMILES string of the molecule is CCNC(C)c1ncccn1. The Morgan fingerprint density at radius 2 is 2.09 bits per heavy atom. The number of hydrogen-bond acceptors (Lipinski definition) is 3. The van der Waals surface area contributed by atoms with Gasteiger partial charge in [-0.15, -0.1) is 0 Å². The summed E-state index contributed by atoms with van der Waals surface area (Å²) in [6.45, 7) is 5.07. The molecule has 0 aromatic carbocycles. The number of nitrogens with zero attached hydrogens (tertiary/aromatic N) is 2. The number of aromatic nitrogens is 2. The zero-order chi connectivity index (χ0) is 8.10. The predicted octanol–water partition coefficient (Wildman–Crippen LogP) is 1.15. The molecule has 0 aliphatic rings. The molecule has 0 aliphatic carbocycles. The predicted molar refractivity (Wildman–Crippen MR) is 44.1 cm³/mol. The van der Waals surface area contributed by atoms with Gasteiger partial charge in [0.1, 0.15) is 5.82 Å². The van der Waals surface area contributed by atoms with E-state index in [1.807, 2.05) is 6.07 Å². The Kier molecular flexibility index (Phi) is 2.98. The van der Waals surface area contributed by atoms with E-state index in [2.05, 4.69) is 29.1 Å². The minimum Gasteiger partial charge on any atom is -0.308 e. The van der Waals surface area contributed by atoms with E-state index in [0.717, 1.165) is 12.4 Å². The van der Waals surface area contributed by atoms with Crippen molar-refractivity contribution in [1.82, 2.24) is 15.3 Å². The third-order valence-corrected chi connectivity index (χ3v) is 1.48. The first-order valence-electron chi connectivity index (χ1n) is 3.85. The van der Waals surface area contributed by atoms with Gasteiger partial charge >= 0.3 is 0 Å². The van der Waals surface area contributed by atoms with Crippen molar-refractivity contribution >= 4 is 0 Å². The summed E-state index contributed by atoms with van der Waals surface area (Å²) in [5.74, 6) is 0.856. The smallest absolute Gasteiger partial charge is 0.144 e. The zero-order valence-corrected chi connectivity index (χ0v) is 6.91. The van der Waals surface area contributed by atoms with Gasteiger partial charge in [0.2, 0.25) is 0 Å². The maximum atomic E-state index is 4.12. The Labute approximate surface area is 66.9 Å². The molecule has 1 rings (SSSR count). The second-order valence-corrected chi connectivity index (χ2v) is 2.39. The van der Waals surface area contributed by atoms with E-state index >= 15 is 0 Å². The first kappa shape index (κ1) is 8.14. The molecule has 0 aliphatic heterocycles. The average Bonchev–Trinajstić information content (AvgIpc) is 2.07. The van der Waals surface area contributed by atoms with Crippen molar-refractivity contribution in [2.45, 2.75) is 19.9 Å². The summed E-state index contributed by atoms with van der Waals surface area (Å²) in [6.07, 6.45) is 3.52. The van der Waals surface area contributed by atoms with E-state index < -0.39 is 0 Å². The minimum atomic E-state index is 0.251. The number of rotatable bonds is 3. The van der Waals surface area contributed by atoms with Gasteiger partial charge in [-0.1, -0.05) is 6.92 Å². The van der Waals surface area contributed by atoms with E-state index in [9.17, 15) is 0 Å². The van der Waals surface area contributed by atoms with E-state index in [0.29, 0.717) is 0 Å². The summed E-state index contributed by atoms with van der Waals surface area (Å²) in [7, 11) is 0. The highest BCUT2D eigenvalue weighted by Crippen LogP contribution is 2.02. The average molecular weight is 151 g/mol. The standard InChI is InChI=1S/C8H13N3/c1-3-9-7(2)8-10-5-4-6-11-8/h4-7,9H,3H2,1-2H3. The van der Waals surface area contributed by atoms with E-state index in [-0.39, 0.29) is 6.04 Å². The van der Waals surface area contributed by atoms with Crippen LogP contribution in [0.3, 0.4) is 0 Å². The lowest BCUT2D eigenvalue weighted by atomic mass is 10.3. The highest BCUT2D eigenvalue weighted by atomic mass is 15.0. The third-order valence-electron chi connectivity index (χ3n) is 1.48. The van der Waals surface area contributed by atoms with Gasteiger partial charge < -0.3 is 5.32 Å². The molecule has 11 heavy (non-hydrogen) atoms. The third kappa shape index (κ3) is 2.27. The summed E-state index contributed by atoms with van der Waals surface area (Å²) in [4.78, 5) is 8.25. The van der Waals surface area contributed by atoms with Crippen molar-refractivity contribution in [3.63, 3.8) is 0 Å². The van der Waals surface area contributed by atoms with Crippen LogP contribution < -0.4 is 5.32 Å². The largest absolute Gasteiger partial charge is 0.308 e. The fourth-order valence-corrected chi connectivity index (χ4v) is 0.932. The Morgan fingerprint density at radius 3 is 2.64 bits per heavy atom. The molecule has 1 heterocycles. The van der Waals surface area contributed by atoms with Crippen LogP contribution in [0.4, 0.5) is 0 Å². The van der Waals surface area contributed by atoms with E-state index in [1.165, 1.54) is 0 Å². The lowest BCUT2D eigenvalue weighted by Gasteiger charge is -2.08. The van der Waals surface area contributed by atoms with Crippen LogP contribution in [0, 0.1) is 0 Å². The molecule has 0 saturated carbocycles. The van der Waals surface area contributed by atoms with Crippen LogP contribution in [0.1, 0.15) is 25.7 Å². The van der Waals surface area contributed by atoms with E-state index in [4.69, 9.17) is 0 Å². The molecule has 0 radical (unpaired) electrons. The summed E-state index contributed by atoms with van der Waals surface area (Å²) >= 11 is 0. The molecule has 1 N–H and O–H groups in total. The monoisotopic (exact) mass is 151 g/mol. The van der Waals surface area contributed by atoms with Gasteiger partial charge in [0, 0.05) is 12.4 Å². The van der Waals surface area contributed by atoms with Crippen LogP contribution in [0.25, 0.3) is 0 Å². The molecule has 0 saturated heterocycles. The Hall–Kier alpha value is -0.960. The molecule has 3 heteroatoms. The van der Waals surface area contributed by atoms with Crippen molar-refractivity contribution in [3.05, 3.63) is 24.3 Å². The molecule has 1 unspecified atom stereocenters. The molecule has 1 aromatic rings. The Bertz CT molecular complexity index is 198. The summed E-state index contributed by atoms with van der Waals surface area (Å²) in [5.41, 5.74) is 0. The molecule has 1 aromatic heterocycles. The van der Waals surface area contributed by atoms with E-state index in [1.54, 1.807) is 12.4 Å². The number of hydrogen-bond donors (Lipinski definition) is 1. The Balaban J connectivity index is 2.61. The van der Waals surface area contributed by atoms with Crippen molar-refractivity contribution in [3.8, 4) is 0 Å². The number of nitrogens with one attached hydrogen (secondary N) is 1. The lowest BCUT2D eigenvalue weighted by Crippen LogP contribution is -2.19. The summed E-state index contributed by atoms with van der Waals surface area (Å²) in [5, 5.41) is 3.24. The molecular formula is C8H13N3. The first-order valence-corrected chi connectivity index (χ1v) is 3.85. The van der Waals surface area contributed by atoms with Gasteiger partial charge in [-0.2, -0.15) is 0 Å². The second-order valence-electron chi connectivity index (χ2n) is 2.39. The molecule has 0 fully saturated rings. The highest BCUT2D eigenvalue weighted by Gasteiger charge is 2.03. The first-order chi connectivity index (χ1) is 5.34. The summed E-state index contributed by atoms with van der Waals surface area (Å²) < 4.78 is 0. The van der Waals surface area contributed by atoms with Gasteiger partial charge in [-0.05, 0) is 19.5 Å². The lowest BCUT2D eigenvalue weighted by molar-refractivity contribution is 0.566. The second kappa shape index (κ2) is 4.03. The maximum Gasteiger partial charge on any atom is 0.144 e. The van der Waals surface area contributed by atoms with Gasteiger partial charge in [0.15, 0.2) is 0 Å². The Morgan fingerprint density at radius 1 is 1.45 bits per heavy atom. The van der Waals surface area contributed by atoms with Crippen LogP contribution in [0.2, 0.25) is 0 Å². The zero-order valence-electron chi connectivity index (χ0n) is 6.91. The minimum absolute atomic E-state index is 0.251. The van der Waals surface area contributed by atoms with Crippen molar-refractivity contribution < 1.29 is 0 Å². The summed E-state index contributed by atoms with van der Waals surface area (Å²) in [6, 6.07) is 2.07. The molecular weight excluding hydrogens is 138 g/mol. The van der Waals surface area contributed by atoms with Gasteiger partial charge in [-0.25, -0.2) is 9.97 Å². The van der Waals surface area contributed by atoms with Crippen molar-refractivity contribution in [2.75, 3.05) is 6.54 Å². The maximum absolute atomic E-state index is 4.12. The van der Waals surface area contributed by atoms with Crippen molar-refractivity contribution in [1.29, 1.82) is 0 Å². The van der Waals surface area contributed by atoms with Gasteiger partial charge in [0.25, 0.3) is 0 Å². The molecule has 3 nitrogen and oxygen atoms in total. The molecule has 60 valence electrons.